The van der Waals surface area contributed by atoms with E-state index >= 15 is 0 Å². The SMILES string of the molecule is O=C(Nc1cccc(Cn2cccnc2=O)c1)[C@@H]1C[C@@H]1c1ccco1. The second-order valence-electron chi connectivity index (χ2n) is 6.18. The Morgan fingerprint density at radius 3 is 3.00 bits per heavy atom. The quantitative estimate of drug-likeness (QED) is 0.777. The number of anilines is 1. The van der Waals surface area contributed by atoms with Gasteiger partial charge in [0.2, 0.25) is 5.91 Å². The number of nitrogens with one attached hydrogen (secondary N) is 1. The van der Waals surface area contributed by atoms with Crippen LogP contribution < -0.4 is 11.0 Å². The van der Waals surface area contributed by atoms with Crippen LogP contribution >= 0.6 is 0 Å². The average molecular weight is 335 g/mol. The monoisotopic (exact) mass is 335 g/mol. The summed E-state index contributed by atoms with van der Waals surface area (Å²) in [6.45, 7) is 0.412. The minimum atomic E-state index is -0.295. The van der Waals surface area contributed by atoms with Gasteiger partial charge < -0.3 is 9.73 Å². The van der Waals surface area contributed by atoms with Crippen LogP contribution in [0, 0.1) is 5.92 Å². The maximum Gasteiger partial charge on any atom is 0.347 e. The zero-order chi connectivity index (χ0) is 17.2. The zero-order valence-electron chi connectivity index (χ0n) is 13.5. The fourth-order valence-electron chi connectivity index (χ4n) is 2.99. The number of amides is 1. The summed E-state index contributed by atoms with van der Waals surface area (Å²) in [5.74, 6) is 0.991. The van der Waals surface area contributed by atoms with E-state index in [-0.39, 0.29) is 23.4 Å². The molecule has 6 nitrogen and oxygen atoms in total. The molecule has 0 spiro atoms. The van der Waals surface area contributed by atoms with Gasteiger partial charge in [0, 0.05) is 29.9 Å². The van der Waals surface area contributed by atoms with Gasteiger partial charge in [-0.15, -0.1) is 0 Å². The van der Waals surface area contributed by atoms with Gasteiger partial charge in [0.15, 0.2) is 0 Å². The van der Waals surface area contributed by atoms with E-state index in [0.717, 1.165) is 23.4 Å². The summed E-state index contributed by atoms with van der Waals surface area (Å²) in [5.41, 5.74) is 1.35. The van der Waals surface area contributed by atoms with E-state index in [0.29, 0.717) is 6.54 Å². The molecule has 25 heavy (non-hydrogen) atoms. The Balaban J connectivity index is 1.43. The lowest BCUT2D eigenvalue weighted by Crippen LogP contribution is -2.22. The molecule has 1 N–H and O–H groups in total. The van der Waals surface area contributed by atoms with E-state index in [4.69, 9.17) is 4.42 Å². The number of nitrogens with zero attached hydrogens (tertiary/aromatic N) is 2. The normalized spacial score (nSPS) is 18.7. The highest BCUT2D eigenvalue weighted by atomic mass is 16.3. The molecule has 2 atom stereocenters. The third kappa shape index (κ3) is 3.38. The first-order valence-corrected chi connectivity index (χ1v) is 8.15. The van der Waals surface area contributed by atoms with Crippen molar-refractivity contribution in [1.29, 1.82) is 0 Å². The van der Waals surface area contributed by atoms with E-state index in [1.807, 2.05) is 36.4 Å². The first-order chi connectivity index (χ1) is 12.2. The van der Waals surface area contributed by atoms with Gasteiger partial charge in [-0.05, 0) is 42.3 Å². The first kappa shape index (κ1) is 15.4. The Morgan fingerprint density at radius 1 is 1.28 bits per heavy atom. The topological polar surface area (TPSA) is 77.1 Å². The predicted molar refractivity (Wildman–Crippen MR) is 92.2 cm³/mol. The molecule has 0 aliphatic heterocycles. The molecule has 0 saturated heterocycles. The smallest absolute Gasteiger partial charge is 0.347 e. The molecule has 2 aromatic heterocycles. The van der Waals surface area contributed by atoms with Crippen LogP contribution in [0.5, 0.6) is 0 Å². The fourth-order valence-corrected chi connectivity index (χ4v) is 2.99. The third-order valence-corrected chi connectivity index (χ3v) is 4.37. The molecule has 1 aliphatic rings. The van der Waals surface area contributed by atoms with Crippen molar-refractivity contribution >= 4 is 11.6 Å². The summed E-state index contributed by atoms with van der Waals surface area (Å²) in [5, 5.41) is 2.95. The van der Waals surface area contributed by atoms with E-state index in [9.17, 15) is 9.59 Å². The van der Waals surface area contributed by atoms with Gasteiger partial charge >= 0.3 is 5.69 Å². The molecule has 2 heterocycles. The Morgan fingerprint density at radius 2 is 2.20 bits per heavy atom. The molecule has 0 unspecified atom stereocenters. The number of furan rings is 1. The van der Waals surface area contributed by atoms with E-state index < -0.39 is 0 Å². The van der Waals surface area contributed by atoms with Crippen LogP contribution in [0.15, 0.2) is 70.3 Å². The standard InChI is InChI=1S/C19H17N3O3/c23-18(16-11-15(16)17-6-2-9-25-17)21-14-5-1-4-13(10-14)12-22-8-3-7-20-19(22)24/h1-10,15-16H,11-12H2,(H,21,23)/t15-,16+/m0/s1. The Kier molecular flexibility index (Phi) is 3.93. The van der Waals surface area contributed by atoms with Crippen molar-refractivity contribution in [2.24, 2.45) is 5.92 Å². The van der Waals surface area contributed by atoms with Crippen LogP contribution in [0.3, 0.4) is 0 Å². The number of rotatable bonds is 5. The Bertz CT molecular complexity index is 946. The molecule has 0 radical (unpaired) electrons. The van der Waals surface area contributed by atoms with Crippen LogP contribution in [0.1, 0.15) is 23.7 Å². The highest BCUT2D eigenvalue weighted by Gasteiger charge is 2.45. The van der Waals surface area contributed by atoms with Gasteiger partial charge in [-0.2, -0.15) is 0 Å². The summed E-state index contributed by atoms with van der Waals surface area (Å²) in [6.07, 6.45) is 5.61. The van der Waals surface area contributed by atoms with Crippen molar-refractivity contribution in [2.75, 3.05) is 5.32 Å². The van der Waals surface area contributed by atoms with Crippen LogP contribution in [-0.4, -0.2) is 15.5 Å². The van der Waals surface area contributed by atoms with Crippen LogP contribution in [0.4, 0.5) is 5.69 Å². The second kappa shape index (κ2) is 6.39. The maximum absolute atomic E-state index is 12.4. The van der Waals surface area contributed by atoms with Crippen molar-refractivity contribution in [3.8, 4) is 0 Å². The van der Waals surface area contributed by atoms with Gasteiger partial charge in [0.25, 0.3) is 0 Å². The van der Waals surface area contributed by atoms with Crippen molar-refractivity contribution < 1.29 is 9.21 Å². The highest BCUT2D eigenvalue weighted by Crippen LogP contribution is 2.48. The summed E-state index contributed by atoms with van der Waals surface area (Å²) < 4.78 is 6.89. The number of carbonyl (C=O) groups is 1. The van der Waals surface area contributed by atoms with Gasteiger partial charge in [0.1, 0.15) is 5.76 Å². The molecule has 1 saturated carbocycles. The van der Waals surface area contributed by atoms with Gasteiger partial charge in [-0.3, -0.25) is 9.36 Å². The second-order valence-corrected chi connectivity index (χ2v) is 6.18. The lowest BCUT2D eigenvalue weighted by Gasteiger charge is -2.08. The number of hydrogen-bond donors (Lipinski definition) is 1. The Labute approximate surface area is 144 Å². The largest absolute Gasteiger partial charge is 0.469 e. The maximum atomic E-state index is 12.4. The van der Waals surface area contributed by atoms with Crippen molar-refractivity contribution in [3.05, 3.63) is 82.9 Å². The third-order valence-electron chi connectivity index (χ3n) is 4.37. The van der Waals surface area contributed by atoms with Crippen molar-refractivity contribution in [2.45, 2.75) is 18.9 Å². The van der Waals surface area contributed by atoms with Crippen molar-refractivity contribution in [1.82, 2.24) is 9.55 Å². The summed E-state index contributed by atoms with van der Waals surface area (Å²) in [6, 6.07) is 13.0. The van der Waals surface area contributed by atoms with E-state index in [2.05, 4.69) is 10.3 Å². The van der Waals surface area contributed by atoms with Crippen molar-refractivity contribution in [3.63, 3.8) is 0 Å². The molecule has 4 rings (SSSR count). The Hall–Kier alpha value is -3.15. The summed E-state index contributed by atoms with van der Waals surface area (Å²) in [4.78, 5) is 27.8. The lowest BCUT2D eigenvalue weighted by molar-refractivity contribution is -0.117. The highest BCUT2D eigenvalue weighted by molar-refractivity contribution is 5.95. The molecule has 3 aromatic rings. The molecule has 6 heteroatoms. The fraction of sp³-hybridized carbons (Fsp3) is 0.211. The van der Waals surface area contributed by atoms with E-state index in [1.165, 1.54) is 10.8 Å². The minimum Gasteiger partial charge on any atom is -0.469 e. The number of hydrogen-bond acceptors (Lipinski definition) is 4. The zero-order valence-corrected chi connectivity index (χ0v) is 13.5. The number of benzene rings is 1. The molecule has 0 bridgehead atoms. The molecule has 1 aliphatic carbocycles. The lowest BCUT2D eigenvalue weighted by atomic mass is 10.2. The molecule has 1 aromatic carbocycles. The van der Waals surface area contributed by atoms with E-state index in [1.54, 1.807) is 18.5 Å². The molecule has 126 valence electrons. The van der Waals surface area contributed by atoms with Crippen LogP contribution in [0.2, 0.25) is 0 Å². The number of carbonyl (C=O) groups excluding carboxylic acids is 1. The molecule has 1 fully saturated rings. The molecule has 1 amide bonds. The molecular formula is C19H17N3O3. The minimum absolute atomic E-state index is 0.00269. The van der Waals surface area contributed by atoms with Crippen LogP contribution in [0.25, 0.3) is 0 Å². The number of aromatic nitrogens is 2. The van der Waals surface area contributed by atoms with Crippen LogP contribution in [-0.2, 0) is 11.3 Å². The predicted octanol–water partition coefficient (Wildman–Crippen LogP) is 2.63. The van der Waals surface area contributed by atoms with Gasteiger partial charge in [-0.25, -0.2) is 9.78 Å². The van der Waals surface area contributed by atoms with Gasteiger partial charge in [0.05, 0.1) is 12.8 Å². The average Bonchev–Trinajstić information content (AvgIpc) is 3.23. The summed E-state index contributed by atoms with van der Waals surface area (Å²) >= 11 is 0. The van der Waals surface area contributed by atoms with Gasteiger partial charge in [-0.1, -0.05) is 12.1 Å². The first-order valence-electron chi connectivity index (χ1n) is 8.15. The summed E-state index contributed by atoms with van der Waals surface area (Å²) in [7, 11) is 0. The molecular weight excluding hydrogens is 318 g/mol.